The number of ether oxygens (including phenoxy) is 1. The van der Waals surface area contributed by atoms with E-state index >= 15 is 0 Å². The van der Waals surface area contributed by atoms with Gasteiger partial charge in [0.05, 0.1) is 6.61 Å². The second-order valence-corrected chi connectivity index (χ2v) is 5.41. The molecule has 1 heterocycles. The summed E-state index contributed by atoms with van der Waals surface area (Å²) in [4.78, 5) is 14.2. The molecule has 0 spiro atoms. The summed E-state index contributed by atoms with van der Waals surface area (Å²) >= 11 is 0. The van der Waals surface area contributed by atoms with E-state index in [9.17, 15) is 4.79 Å². The molecule has 0 aliphatic carbocycles. The van der Waals surface area contributed by atoms with Gasteiger partial charge in [0.15, 0.2) is 0 Å². The van der Waals surface area contributed by atoms with E-state index < -0.39 is 6.04 Å². The highest BCUT2D eigenvalue weighted by molar-refractivity contribution is 5.82. The van der Waals surface area contributed by atoms with Crippen molar-refractivity contribution in [1.29, 1.82) is 0 Å². The molecule has 2 rings (SSSR count). The Morgan fingerprint density at radius 3 is 2.90 bits per heavy atom. The molecule has 2 atom stereocenters. The van der Waals surface area contributed by atoms with Crippen molar-refractivity contribution in [3.05, 3.63) is 35.9 Å². The zero-order valence-corrected chi connectivity index (χ0v) is 12.1. The first-order chi connectivity index (χ1) is 9.72. The van der Waals surface area contributed by atoms with Crippen molar-refractivity contribution in [2.75, 3.05) is 20.3 Å². The standard InChI is InChI=1S/C16H24N2O2/c1-20-12-15(17)16(19)18-11-5-8-14(18)10-9-13-6-3-2-4-7-13/h2-4,6-7,14-15H,5,8-12,17H2,1H3. The van der Waals surface area contributed by atoms with Crippen molar-refractivity contribution >= 4 is 5.91 Å². The molecule has 0 radical (unpaired) electrons. The van der Waals surface area contributed by atoms with Gasteiger partial charge in [-0.3, -0.25) is 4.79 Å². The van der Waals surface area contributed by atoms with Crippen molar-refractivity contribution in [2.45, 2.75) is 37.8 Å². The Morgan fingerprint density at radius 1 is 1.45 bits per heavy atom. The highest BCUT2D eigenvalue weighted by Gasteiger charge is 2.31. The highest BCUT2D eigenvalue weighted by Crippen LogP contribution is 2.22. The van der Waals surface area contributed by atoms with E-state index in [0.29, 0.717) is 12.6 Å². The minimum Gasteiger partial charge on any atom is -0.383 e. The molecule has 1 aromatic rings. The van der Waals surface area contributed by atoms with Gasteiger partial charge >= 0.3 is 0 Å². The third kappa shape index (κ3) is 3.81. The normalized spacial score (nSPS) is 20.1. The summed E-state index contributed by atoms with van der Waals surface area (Å²) in [6.07, 6.45) is 4.17. The molecule has 110 valence electrons. The molecule has 4 heteroatoms. The molecule has 1 aliphatic heterocycles. The molecule has 1 aromatic carbocycles. The fourth-order valence-corrected chi connectivity index (χ4v) is 2.87. The SMILES string of the molecule is COCC(N)C(=O)N1CCCC1CCc1ccccc1. The number of aryl methyl sites for hydroxylation is 1. The molecular formula is C16H24N2O2. The molecule has 2 unspecified atom stereocenters. The van der Waals surface area contributed by atoms with Crippen molar-refractivity contribution < 1.29 is 9.53 Å². The Hall–Kier alpha value is -1.39. The fourth-order valence-electron chi connectivity index (χ4n) is 2.87. The van der Waals surface area contributed by atoms with Crippen LogP contribution in [0.5, 0.6) is 0 Å². The van der Waals surface area contributed by atoms with E-state index in [1.165, 1.54) is 5.56 Å². The third-order valence-corrected chi connectivity index (χ3v) is 3.93. The van der Waals surface area contributed by atoms with Crippen LogP contribution in [0.15, 0.2) is 30.3 Å². The maximum absolute atomic E-state index is 12.3. The Balaban J connectivity index is 1.89. The van der Waals surface area contributed by atoms with Crippen LogP contribution >= 0.6 is 0 Å². The summed E-state index contributed by atoms with van der Waals surface area (Å²) in [6, 6.07) is 10.2. The van der Waals surface area contributed by atoms with Crippen LogP contribution in [0.2, 0.25) is 0 Å². The lowest BCUT2D eigenvalue weighted by Crippen LogP contribution is -2.48. The number of benzene rings is 1. The summed E-state index contributed by atoms with van der Waals surface area (Å²) in [5.41, 5.74) is 7.19. The number of hydrogen-bond acceptors (Lipinski definition) is 3. The van der Waals surface area contributed by atoms with E-state index in [1.54, 1.807) is 7.11 Å². The molecule has 4 nitrogen and oxygen atoms in total. The average Bonchev–Trinajstić information content (AvgIpc) is 2.94. The number of amides is 1. The Bertz CT molecular complexity index is 422. The molecule has 1 aliphatic rings. The number of carbonyl (C=O) groups is 1. The number of nitrogens with two attached hydrogens (primary N) is 1. The van der Waals surface area contributed by atoms with Crippen LogP contribution in [0.1, 0.15) is 24.8 Å². The maximum atomic E-state index is 12.3. The second-order valence-electron chi connectivity index (χ2n) is 5.41. The van der Waals surface area contributed by atoms with Crippen LogP contribution in [0, 0.1) is 0 Å². The van der Waals surface area contributed by atoms with Gasteiger partial charge in [-0.2, -0.15) is 0 Å². The number of rotatable bonds is 6. The number of carbonyl (C=O) groups excluding carboxylic acids is 1. The van der Waals surface area contributed by atoms with Crippen LogP contribution in [0.25, 0.3) is 0 Å². The van der Waals surface area contributed by atoms with E-state index in [4.69, 9.17) is 10.5 Å². The Labute approximate surface area is 120 Å². The van der Waals surface area contributed by atoms with Crippen molar-refractivity contribution in [1.82, 2.24) is 4.90 Å². The van der Waals surface area contributed by atoms with E-state index in [-0.39, 0.29) is 5.91 Å². The third-order valence-electron chi connectivity index (χ3n) is 3.93. The summed E-state index contributed by atoms with van der Waals surface area (Å²) in [7, 11) is 1.57. The molecule has 1 saturated heterocycles. The number of likely N-dealkylation sites (tertiary alicyclic amines) is 1. The molecule has 1 fully saturated rings. The van der Waals surface area contributed by atoms with E-state index in [0.717, 1.165) is 32.2 Å². The van der Waals surface area contributed by atoms with Crippen LogP contribution < -0.4 is 5.73 Å². The van der Waals surface area contributed by atoms with Gasteiger partial charge in [-0.25, -0.2) is 0 Å². The zero-order chi connectivity index (χ0) is 14.4. The van der Waals surface area contributed by atoms with Gasteiger partial charge in [0.25, 0.3) is 0 Å². The number of hydrogen-bond donors (Lipinski definition) is 1. The van der Waals surface area contributed by atoms with E-state index in [2.05, 4.69) is 24.3 Å². The van der Waals surface area contributed by atoms with Gasteiger partial charge in [-0.1, -0.05) is 30.3 Å². The molecule has 0 saturated carbocycles. The maximum Gasteiger partial charge on any atom is 0.242 e. The summed E-state index contributed by atoms with van der Waals surface area (Å²) < 4.78 is 4.98. The summed E-state index contributed by atoms with van der Waals surface area (Å²) in [5.74, 6) is 0.0300. The van der Waals surface area contributed by atoms with Crippen LogP contribution in [0.3, 0.4) is 0 Å². The topological polar surface area (TPSA) is 55.6 Å². The van der Waals surface area contributed by atoms with Crippen molar-refractivity contribution in [2.24, 2.45) is 5.73 Å². The molecule has 0 bridgehead atoms. The van der Waals surface area contributed by atoms with Gasteiger partial charge < -0.3 is 15.4 Å². The lowest BCUT2D eigenvalue weighted by atomic mass is 10.0. The second kappa shape index (κ2) is 7.41. The Kier molecular flexibility index (Phi) is 5.56. The predicted octanol–water partition coefficient (Wildman–Crippen LogP) is 1.58. The molecular weight excluding hydrogens is 252 g/mol. The quantitative estimate of drug-likeness (QED) is 0.858. The average molecular weight is 276 g/mol. The van der Waals surface area contributed by atoms with Crippen LogP contribution in [0.4, 0.5) is 0 Å². The van der Waals surface area contributed by atoms with Crippen LogP contribution in [-0.2, 0) is 16.0 Å². The number of nitrogens with zero attached hydrogens (tertiary/aromatic N) is 1. The van der Waals surface area contributed by atoms with E-state index in [1.807, 2.05) is 11.0 Å². The molecule has 2 N–H and O–H groups in total. The molecule has 0 aromatic heterocycles. The highest BCUT2D eigenvalue weighted by atomic mass is 16.5. The first-order valence-corrected chi connectivity index (χ1v) is 7.31. The molecule has 1 amide bonds. The lowest BCUT2D eigenvalue weighted by Gasteiger charge is -2.27. The smallest absolute Gasteiger partial charge is 0.242 e. The fraction of sp³-hybridized carbons (Fsp3) is 0.562. The summed E-state index contributed by atoms with van der Waals surface area (Å²) in [5, 5.41) is 0. The van der Waals surface area contributed by atoms with Crippen LogP contribution in [-0.4, -0.2) is 43.2 Å². The summed E-state index contributed by atoms with van der Waals surface area (Å²) in [6.45, 7) is 1.12. The Morgan fingerprint density at radius 2 is 2.20 bits per heavy atom. The first kappa shape index (κ1) is 15.0. The van der Waals surface area contributed by atoms with Gasteiger partial charge in [0, 0.05) is 19.7 Å². The predicted molar refractivity (Wildman–Crippen MR) is 79.3 cm³/mol. The van der Waals surface area contributed by atoms with Gasteiger partial charge in [0.2, 0.25) is 5.91 Å². The number of methoxy groups -OCH3 is 1. The van der Waals surface area contributed by atoms with Gasteiger partial charge in [-0.15, -0.1) is 0 Å². The van der Waals surface area contributed by atoms with Crippen molar-refractivity contribution in [3.8, 4) is 0 Å². The zero-order valence-electron chi connectivity index (χ0n) is 12.1. The van der Waals surface area contributed by atoms with Crippen molar-refractivity contribution in [3.63, 3.8) is 0 Å². The first-order valence-electron chi connectivity index (χ1n) is 7.31. The minimum atomic E-state index is -0.530. The molecule has 20 heavy (non-hydrogen) atoms. The largest absolute Gasteiger partial charge is 0.383 e. The monoisotopic (exact) mass is 276 g/mol. The lowest BCUT2D eigenvalue weighted by molar-refractivity contribution is -0.134. The minimum absolute atomic E-state index is 0.0300. The van der Waals surface area contributed by atoms with Gasteiger partial charge in [0.1, 0.15) is 6.04 Å². The van der Waals surface area contributed by atoms with Gasteiger partial charge in [-0.05, 0) is 31.2 Å².